The highest BCUT2D eigenvalue weighted by Gasteiger charge is 1.97. The van der Waals surface area contributed by atoms with Crippen molar-refractivity contribution in [1.29, 1.82) is 0 Å². The van der Waals surface area contributed by atoms with Gasteiger partial charge in [-0.05, 0) is 48.6 Å². The predicted molar refractivity (Wildman–Crippen MR) is 52.6 cm³/mol. The van der Waals surface area contributed by atoms with Gasteiger partial charge in [-0.3, -0.25) is 0 Å². The maximum atomic E-state index is 5.82. The van der Waals surface area contributed by atoms with Crippen molar-refractivity contribution in [1.82, 2.24) is 0 Å². The van der Waals surface area contributed by atoms with Crippen molar-refractivity contribution in [2.75, 3.05) is 0 Å². The maximum absolute atomic E-state index is 5.82. The van der Waals surface area contributed by atoms with Gasteiger partial charge in [-0.15, -0.1) is 11.6 Å². The fourth-order valence-corrected chi connectivity index (χ4v) is 1.88. The molecule has 0 fully saturated rings. The second-order valence-corrected chi connectivity index (χ2v) is 4.33. The summed E-state index contributed by atoms with van der Waals surface area (Å²) in [5, 5.41) is 4.66. The van der Waals surface area contributed by atoms with E-state index in [1.54, 1.807) is 11.3 Å². The zero-order valence-electron chi connectivity index (χ0n) is 6.72. The molecule has 0 saturated carbocycles. The molecule has 0 aliphatic rings. The lowest BCUT2D eigenvalue weighted by Crippen LogP contribution is -1.91. The van der Waals surface area contributed by atoms with Gasteiger partial charge >= 0.3 is 0 Å². The lowest BCUT2D eigenvalue weighted by molar-refractivity contribution is 0.725. The van der Waals surface area contributed by atoms with Crippen LogP contribution in [0.3, 0.4) is 0 Å². The summed E-state index contributed by atoms with van der Waals surface area (Å²) in [6.07, 6.45) is 3.51. The van der Waals surface area contributed by atoms with Crippen LogP contribution in [0, 0.1) is 0 Å². The zero-order chi connectivity index (χ0) is 8.10. The molecule has 0 saturated heterocycles. The van der Waals surface area contributed by atoms with Crippen molar-refractivity contribution in [2.24, 2.45) is 0 Å². The Hall–Kier alpha value is -0.0100. The van der Waals surface area contributed by atoms with Crippen LogP contribution in [-0.2, 0) is 6.42 Å². The molecule has 11 heavy (non-hydrogen) atoms. The number of thiophene rings is 1. The summed E-state index contributed by atoms with van der Waals surface area (Å²) in [4.78, 5) is 0. The highest BCUT2D eigenvalue weighted by Crippen LogP contribution is 2.12. The van der Waals surface area contributed by atoms with E-state index in [4.69, 9.17) is 11.6 Å². The van der Waals surface area contributed by atoms with Crippen LogP contribution in [0.1, 0.15) is 25.3 Å². The molecule has 62 valence electrons. The molecule has 0 N–H and O–H groups in total. The van der Waals surface area contributed by atoms with Gasteiger partial charge in [-0.2, -0.15) is 11.3 Å². The van der Waals surface area contributed by atoms with Gasteiger partial charge in [0.25, 0.3) is 0 Å². The van der Waals surface area contributed by atoms with Crippen LogP contribution in [0.5, 0.6) is 0 Å². The standard InChI is InChI=1S/C9H13ClS/c1-8(10)3-2-4-9-5-6-11-7-9/h5-8H,2-4H2,1H3. The van der Waals surface area contributed by atoms with Gasteiger partial charge in [0.2, 0.25) is 0 Å². The second kappa shape index (κ2) is 4.78. The molecule has 1 rings (SSSR count). The van der Waals surface area contributed by atoms with Gasteiger partial charge in [0.05, 0.1) is 0 Å². The Bertz CT molecular complexity index is 179. The highest BCUT2D eigenvalue weighted by atomic mass is 35.5. The Morgan fingerprint density at radius 3 is 3.00 bits per heavy atom. The quantitative estimate of drug-likeness (QED) is 0.633. The number of rotatable bonds is 4. The molecule has 1 heterocycles. The number of alkyl halides is 1. The second-order valence-electron chi connectivity index (χ2n) is 2.80. The lowest BCUT2D eigenvalue weighted by Gasteiger charge is -2.00. The summed E-state index contributed by atoms with van der Waals surface area (Å²) >= 11 is 7.59. The largest absolute Gasteiger partial charge is 0.152 e. The topological polar surface area (TPSA) is 0 Å². The first kappa shape index (κ1) is 9.08. The summed E-state index contributed by atoms with van der Waals surface area (Å²) in [6, 6.07) is 2.18. The minimum Gasteiger partial charge on any atom is -0.152 e. The van der Waals surface area contributed by atoms with E-state index in [1.807, 2.05) is 0 Å². The first-order chi connectivity index (χ1) is 5.29. The SMILES string of the molecule is CC(Cl)CCCc1ccsc1. The van der Waals surface area contributed by atoms with E-state index in [1.165, 1.54) is 18.4 Å². The first-order valence-electron chi connectivity index (χ1n) is 3.94. The van der Waals surface area contributed by atoms with Gasteiger partial charge in [-0.1, -0.05) is 0 Å². The molecule has 0 nitrogen and oxygen atoms in total. The number of hydrogen-bond donors (Lipinski definition) is 0. The summed E-state index contributed by atoms with van der Waals surface area (Å²) in [7, 11) is 0. The summed E-state index contributed by atoms with van der Waals surface area (Å²) in [5.41, 5.74) is 1.45. The fraction of sp³-hybridized carbons (Fsp3) is 0.556. The van der Waals surface area contributed by atoms with Crippen molar-refractivity contribution < 1.29 is 0 Å². The third kappa shape index (κ3) is 3.78. The summed E-state index contributed by atoms with van der Waals surface area (Å²) in [5.74, 6) is 0. The minimum absolute atomic E-state index is 0.327. The molecular weight excluding hydrogens is 176 g/mol. The van der Waals surface area contributed by atoms with Crippen LogP contribution in [-0.4, -0.2) is 5.38 Å². The Labute approximate surface area is 77.2 Å². The molecule has 0 amide bonds. The molecule has 0 aliphatic carbocycles. The van der Waals surface area contributed by atoms with E-state index in [-0.39, 0.29) is 0 Å². The van der Waals surface area contributed by atoms with Crippen molar-refractivity contribution in [3.05, 3.63) is 22.4 Å². The van der Waals surface area contributed by atoms with Gasteiger partial charge in [0.15, 0.2) is 0 Å². The van der Waals surface area contributed by atoms with E-state index in [9.17, 15) is 0 Å². The van der Waals surface area contributed by atoms with Gasteiger partial charge in [-0.25, -0.2) is 0 Å². The zero-order valence-corrected chi connectivity index (χ0v) is 8.29. The Morgan fingerprint density at radius 1 is 1.64 bits per heavy atom. The van der Waals surface area contributed by atoms with E-state index in [0.29, 0.717) is 5.38 Å². The third-order valence-electron chi connectivity index (χ3n) is 1.65. The van der Waals surface area contributed by atoms with Gasteiger partial charge in [0.1, 0.15) is 0 Å². The van der Waals surface area contributed by atoms with Crippen LogP contribution in [0.2, 0.25) is 0 Å². The molecule has 1 atom stereocenters. The van der Waals surface area contributed by atoms with Crippen LogP contribution in [0.25, 0.3) is 0 Å². The van der Waals surface area contributed by atoms with Crippen LogP contribution in [0.15, 0.2) is 16.8 Å². The molecule has 1 aromatic rings. The monoisotopic (exact) mass is 188 g/mol. The van der Waals surface area contributed by atoms with Crippen molar-refractivity contribution in [3.8, 4) is 0 Å². The van der Waals surface area contributed by atoms with Crippen LogP contribution < -0.4 is 0 Å². The molecule has 0 spiro atoms. The molecule has 0 radical (unpaired) electrons. The maximum Gasteiger partial charge on any atom is 0.0308 e. The highest BCUT2D eigenvalue weighted by molar-refractivity contribution is 7.07. The molecule has 2 heteroatoms. The number of aryl methyl sites for hydroxylation is 1. The van der Waals surface area contributed by atoms with E-state index in [2.05, 4.69) is 23.8 Å². The summed E-state index contributed by atoms with van der Waals surface area (Å²) < 4.78 is 0. The van der Waals surface area contributed by atoms with E-state index in [0.717, 1.165) is 6.42 Å². The van der Waals surface area contributed by atoms with Crippen LogP contribution in [0.4, 0.5) is 0 Å². The normalized spacial score (nSPS) is 13.3. The fourth-order valence-electron chi connectivity index (χ4n) is 1.02. The van der Waals surface area contributed by atoms with Crippen molar-refractivity contribution in [3.63, 3.8) is 0 Å². The average Bonchev–Trinajstić information content (AvgIpc) is 2.39. The lowest BCUT2D eigenvalue weighted by atomic mass is 10.1. The molecule has 1 unspecified atom stereocenters. The average molecular weight is 189 g/mol. The Morgan fingerprint density at radius 2 is 2.45 bits per heavy atom. The predicted octanol–water partition coefficient (Wildman–Crippen LogP) is 3.70. The van der Waals surface area contributed by atoms with Gasteiger partial charge < -0.3 is 0 Å². The van der Waals surface area contributed by atoms with E-state index >= 15 is 0 Å². The smallest absolute Gasteiger partial charge is 0.0308 e. The molecule has 0 aliphatic heterocycles. The van der Waals surface area contributed by atoms with E-state index < -0.39 is 0 Å². The molecule has 0 aromatic carbocycles. The number of hydrogen-bond acceptors (Lipinski definition) is 1. The number of halogens is 1. The van der Waals surface area contributed by atoms with Crippen LogP contribution >= 0.6 is 22.9 Å². The van der Waals surface area contributed by atoms with Crippen molar-refractivity contribution >= 4 is 22.9 Å². The summed E-state index contributed by atoms with van der Waals surface area (Å²) in [6.45, 7) is 2.05. The molecule has 1 aromatic heterocycles. The Balaban J connectivity index is 2.14. The van der Waals surface area contributed by atoms with Crippen molar-refractivity contribution in [2.45, 2.75) is 31.6 Å². The first-order valence-corrected chi connectivity index (χ1v) is 5.32. The molecule has 0 bridgehead atoms. The molecular formula is C9H13ClS. The minimum atomic E-state index is 0.327. The van der Waals surface area contributed by atoms with Gasteiger partial charge in [0, 0.05) is 5.38 Å². The Kier molecular flexibility index (Phi) is 3.95. The third-order valence-corrected chi connectivity index (χ3v) is 2.60.